The lowest BCUT2D eigenvalue weighted by Crippen LogP contribution is -2.45. The summed E-state index contributed by atoms with van der Waals surface area (Å²) in [4.78, 5) is 31.4. The molecule has 0 aliphatic heterocycles. The summed E-state index contributed by atoms with van der Waals surface area (Å²) >= 11 is 0. The van der Waals surface area contributed by atoms with Crippen LogP contribution in [0.2, 0.25) is 0 Å². The number of quaternary nitrogens is 1. The molecule has 0 aliphatic carbocycles. The lowest BCUT2D eigenvalue weighted by molar-refractivity contribution is -0.872. The monoisotopic (exact) mass is 294 g/mol. The number of rotatable bonds is 9. The molecule has 0 aromatic heterocycles. The van der Waals surface area contributed by atoms with Gasteiger partial charge >= 0.3 is 7.82 Å². The Bertz CT molecular complexity index is 400. The van der Waals surface area contributed by atoms with Gasteiger partial charge in [-0.15, -0.1) is 0 Å². The van der Waals surface area contributed by atoms with Gasteiger partial charge in [0.05, 0.1) is 21.1 Å². The molecule has 0 fully saturated rings. The van der Waals surface area contributed by atoms with Crippen molar-refractivity contribution in [2.75, 3.05) is 34.3 Å². The van der Waals surface area contributed by atoms with E-state index in [9.17, 15) is 19.0 Å². The fourth-order valence-corrected chi connectivity index (χ4v) is 2.05. The van der Waals surface area contributed by atoms with Gasteiger partial charge in [0.15, 0.2) is 11.9 Å². The highest BCUT2D eigenvalue weighted by Crippen LogP contribution is 2.44. The summed E-state index contributed by atoms with van der Waals surface area (Å²) in [6, 6.07) is 0. The van der Waals surface area contributed by atoms with Crippen LogP contribution in [0.15, 0.2) is 12.2 Å². The number of hydrogen-bond acceptors (Lipinski definition) is 5. The number of hydrogen-bond donors (Lipinski definition) is 1. The molecule has 0 rings (SSSR count). The van der Waals surface area contributed by atoms with E-state index in [4.69, 9.17) is 4.52 Å². The Kier molecular flexibility index (Phi) is 6.76. The Hall–Kier alpha value is -0.850. The summed E-state index contributed by atoms with van der Waals surface area (Å²) in [6.07, 6.45) is -0.832. The normalized spacial score (nSPS) is 16.5. The molecular formula is C11H21NO6P+. The molecule has 0 aromatic rings. The number of carbonyl (C=O) groups is 2. The minimum atomic E-state index is -4.45. The molecule has 0 aliphatic rings. The second kappa shape index (κ2) is 7.07. The van der Waals surface area contributed by atoms with E-state index in [-0.39, 0.29) is 12.1 Å². The minimum absolute atomic E-state index is 0.167. The summed E-state index contributed by atoms with van der Waals surface area (Å²) < 4.78 is 21.1. The third kappa shape index (κ3) is 8.02. The van der Waals surface area contributed by atoms with Crippen molar-refractivity contribution in [1.82, 2.24) is 0 Å². The van der Waals surface area contributed by atoms with Crippen LogP contribution in [0.4, 0.5) is 0 Å². The van der Waals surface area contributed by atoms with Gasteiger partial charge in [0.2, 0.25) is 0 Å². The standard InChI is InChI=1S/C11H20NO6P/c1-9(2)11(14)10(8-12(3,4)5)18-19(15,16)17-7-6-13/h6,10H,1,7-8H2,2-5H3/p+1. The van der Waals surface area contributed by atoms with E-state index in [0.717, 1.165) is 0 Å². The molecule has 0 heterocycles. The fourth-order valence-electron chi connectivity index (χ4n) is 1.25. The van der Waals surface area contributed by atoms with Crippen LogP contribution < -0.4 is 0 Å². The van der Waals surface area contributed by atoms with Gasteiger partial charge in [-0.3, -0.25) is 13.8 Å². The minimum Gasteiger partial charge on any atom is -0.328 e. The van der Waals surface area contributed by atoms with Gasteiger partial charge in [-0.05, 0) is 12.5 Å². The Morgan fingerprint density at radius 2 is 2.00 bits per heavy atom. The van der Waals surface area contributed by atoms with Gasteiger partial charge in [0, 0.05) is 0 Å². The second-order valence-electron chi connectivity index (χ2n) is 5.14. The molecule has 0 radical (unpaired) electrons. The summed E-state index contributed by atoms with van der Waals surface area (Å²) in [7, 11) is 0.959. The molecule has 1 N–H and O–H groups in total. The lowest BCUT2D eigenvalue weighted by Gasteiger charge is -2.29. The number of nitrogens with zero attached hydrogens (tertiary/aromatic N) is 1. The van der Waals surface area contributed by atoms with Crippen LogP contribution in [-0.2, 0) is 23.2 Å². The van der Waals surface area contributed by atoms with Crippen LogP contribution >= 0.6 is 7.82 Å². The number of aldehydes is 1. The zero-order chi connectivity index (χ0) is 15.3. The molecule has 0 saturated heterocycles. The van der Waals surface area contributed by atoms with Gasteiger partial charge in [-0.1, -0.05) is 6.58 Å². The molecule has 0 aromatic carbocycles. The van der Waals surface area contributed by atoms with Crippen molar-refractivity contribution in [3.8, 4) is 0 Å². The molecule has 110 valence electrons. The molecule has 0 bridgehead atoms. The third-order valence-corrected chi connectivity index (χ3v) is 2.99. The first-order valence-corrected chi connectivity index (χ1v) is 7.07. The van der Waals surface area contributed by atoms with Gasteiger partial charge in [0.25, 0.3) is 0 Å². The van der Waals surface area contributed by atoms with Crippen molar-refractivity contribution in [3.63, 3.8) is 0 Å². The summed E-state index contributed by atoms with van der Waals surface area (Å²) in [5.41, 5.74) is 0.217. The first-order valence-electron chi connectivity index (χ1n) is 5.58. The van der Waals surface area contributed by atoms with Gasteiger partial charge in [-0.25, -0.2) is 4.57 Å². The zero-order valence-electron chi connectivity index (χ0n) is 11.7. The molecule has 2 unspecified atom stereocenters. The highest BCUT2D eigenvalue weighted by atomic mass is 31.2. The number of Topliss-reactive ketones (excluding diaryl/α,β-unsaturated/α-hetero) is 1. The van der Waals surface area contributed by atoms with E-state index in [1.54, 1.807) is 21.1 Å². The largest absolute Gasteiger partial charge is 0.473 e. The third-order valence-electron chi connectivity index (χ3n) is 1.99. The van der Waals surface area contributed by atoms with Crippen molar-refractivity contribution < 1.29 is 32.6 Å². The zero-order valence-corrected chi connectivity index (χ0v) is 12.6. The molecule has 0 amide bonds. The van der Waals surface area contributed by atoms with Gasteiger partial charge in [-0.2, -0.15) is 0 Å². The first kappa shape index (κ1) is 18.1. The smallest absolute Gasteiger partial charge is 0.328 e. The van der Waals surface area contributed by atoms with E-state index < -0.39 is 26.3 Å². The molecule has 8 heteroatoms. The van der Waals surface area contributed by atoms with E-state index in [1.807, 2.05) is 0 Å². The van der Waals surface area contributed by atoms with Crippen molar-refractivity contribution in [2.45, 2.75) is 13.0 Å². The molecular weight excluding hydrogens is 273 g/mol. The van der Waals surface area contributed by atoms with Gasteiger partial charge < -0.3 is 14.2 Å². The van der Waals surface area contributed by atoms with Crippen LogP contribution in [0.25, 0.3) is 0 Å². The van der Waals surface area contributed by atoms with Crippen molar-refractivity contribution in [2.24, 2.45) is 0 Å². The quantitative estimate of drug-likeness (QED) is 0.289. The Labute approximate surface area is 113 Å². The summed E-state index contributed by atoms with van der Waals surface area (Å²) in [5, 5.41) is 0. The Balaban J connectivity index is 4.95. The average Bonchev–Trinajstić information content (AvgIpc) is 2.22. The summed E-state index contributed by atoms with van der Waals surface area (Å²) in [6.45, 7) is 4.57. The number of ketones is 1. The van der Waals surface area contributed by atoms with Gasteiger partial charge in [0.1, 0.15) is 19.4 Å². The average molecular weight is 294 g/mol. The fraction of sp³-hybridized carbons (Fsp3) is 0.636. The van der Waals surface area contributed by atoms with Crippen LogP contribution in [0.5, 0.6) is 0 Å². The molecule has 0 spiro atoms. The first-order chi connectivity index (χ1) is 8.48. The highest BCUT2D eigenvalue weighted by Gasteiger charge is 2.34. The van der Waals surface area contributed by atoms with E-state index in [2.05, 4.69) is 11.1 Å². The summed E-state index contributed by atoms with van der Waals surface area (Å²) in [5.74, 6) is -0.475. The Morgan fingerprint density at radius 3 is 2.37 bits per heavy atom. The second-order valence-corrected chi connectivity index (χ2v) is 6.55. The van der Waals surface area contributed by atoms with Crippen molar-refractivity contribution >= 4 is 19.9 Å². The van der Waals surface area contributed by atoms with E-state index in [0.29, 0.717) is 10.8 Å². The number of likely N-dealkylation sites (N-methyl/N-ethyl adjacent to an activating group) is 1. The maximum absolute atomic E-state index is 11.9. The molecule has 19 heavy (non-hydrogen) atoms. The maximum Gasteiger partial charge on any atom is 0.473 e. The molecule has 2 atom stereocenters. The van der Waals surface area contributed by atoms with Crippen LogP contribution in [0, 0.1) is 0 Å². The van der Waals surface area contributed by atoms with E-state index >= 15 is 0 Å². The topological polar surface area (TPSA) is 89.9 Å². The SMILES string of the molecule is C=C(C)C(=O)C(C[N+](C)(C)C)OP(=O)(O)OCC=O. The van der Waals surface area contributed by atoms with Crippen molar-refractivity contribution in [1.29, 1.82) is 0 Å². The number of phosphoric acid groups is 1. The maximum atomic E-state index is 11.9. The lowest BCUT2D eigenvalue weighted by atomic mass is 10.1. The molecule has 0 saturated carbocycles. The van der Waals surface area contributed by atoms with E-state index in [1.165, 1.54) is 6.92 Å². The predicted octanol–water partition coefficient (Wildman–Crippen LogP) is 0.539. The Morgan fingerprint density at radius 1 is 1.47 bits per heavy atom. The van der Waals surface area contributed by atoms with Crippen LogP contribution in [-0.4, -0.2) is 61.8 Å². The number of carbonyl (C=O) groups excluding carboxylic acids is 2. The highest BCUT2D eigenvalue weighted by molar-refractivity contribution is 7.47. The molecule has 7 nitrogen and oxygen atoms in total. The van der Waals surface area contributed by atoms with Crippen LogP contribution in [0.1, 0.15) is 6.92 Å². The van der Waals surface area contributed by atoms with Crippen LogP contribution in [0.3, 0.4) is 0 Å². The van der Waals surface area contributed by atoms with Crippen molar-refractivity contribution in [3.05, 3.63) is 12.2 Å². The number of phosphoric ester groups is 1. The predicted molar refractivity (Wildman–Crippen MR) is 69.4 cm³/mol.